The van der Waals surface area contributed by atoms with E-state index in [9.17, 15) is 31.1 Å². The Balaban J connectivity index is 2.47. The molecule has 20 heavy (non-hydrogen) atoms. The number of carbonyl (C=O) groups excluding carboxylic acids is 1. The van der Waals surface area contributed by atoms with E-state index in [4.69, 9.17) is 0 Å². The molecule has 0 aliphatic carbocycles. The molecule has 4 nitrogen and oxygen atoms in total. The zero-order chi connectivity index (χ0) is 15.4. The van der Waals surface area contributed by atoms with Crippen molar-refractivity contribution in [3.8, 4) is 0 Å². The lowest BCUT2D eigenvalue weighted by atomic mass is 10.1. The maximum atomic E-state index is 12.2. The van der Waals surface area contributed by atoms with Crippen molar-refractivity contribution in [2.45, 2.75) is 25.2 Å². The highest BCUT2D eigenvalue weighted by atomic mass is 19.4. The largest absolute Gasteiger partial charge is 0.409 e. The average Bonchev–Trinajstić information content (AvgIpc) is 2.72. The lowest BCUT2D eigenvalue weighted by molar-refractivity contribution is -0.274. The smallest absolute Gasteiger partial charge is 0.355 e. The van der Waals surface area contributed by atoms with E-state index in [1.807, 2.05) is 0 Å². The molecule has 0 fully saturated rings. The van der Waals surface area contributed by atoms with Gasteiger partial charge in [0.25, 0.3) is 0 Å². The quantitative estimate of drug-likeness (QED) is 0.647. The van der Waals surface area contributed by atoms with Crippen LogP contribution in [0.5, 0.6) is 0 Å². The number of nitrogens with zero attached hydrogens (tertiary/aromatic N) is 1. The summed E-state index contributed by atoms with van der Waals surface area (Å²) in [6.45, 7) is -0.303. The Labute approximate surface area is 109 Å². The van der Waals surface area contributed by atoms with E-state index in [-0.39, 0.29) is 13.0 Å². The van der Waals surface area contributed by atoms with Crippen LogP contribution in [0.25, 0.3) is 0 Å². The Hall–Kier alpha value is -1.74. The number of hydrogen-bond acceptors (Lipinski definition) is 2. The molecule has 10 heteroatoms. The van der Waals surface area contributed by atoms with Gasteiger partial charge < -0.3 is 10.3 Å². The molecular weight excluding hydrogens is 292 g/mol. The second-order valence-electron chi connectivity index (χ2n) is 3.95. The highest BCUT2D eigenvalue weighted by Crippen LogP contribution is 2.39. The van der Waals surface area contributed by atoms with Gasteiger partial charge in [0, 0.05) is 25.4 Å². The van der Waals surface area contributed by atoms with Gasteiger partial charge in [-0.1, -0.05) is 0 Å². The van der Waals surface area contributed by atoms with Crippen LogP contribution in [0.1, 0.15) is 12.2 Å². The van der Waals surface area contributed by atoms with Gasteiger partial charge in [-0.05, 0) is 6.42 Å². The molecule has 0 aliphatic rings. The number of imidazole rings is 1. The third-order valence-corrected chi connectivity index (χ3v) is 2.36. The number of aryl methyl sites for hydroxylation is 1. The zero-order valence-electron chi connectivity index (χ0n) is 9.98. The van der Waals surface area contributed by atoms with Crippen molar-refractivity contribution in [3.63, 3.8) is 0 Å². The first-order valence-electron chi connectivity index (χ1n) is 5.51. The molecule has 0 atom stereocenters. The van der Waals surface area contributed by atoms with Crippen LogP contribution in [0.4, 0.5) is 26.3 Å². The molecule has 2 N–H and O–H groups in total. The average molecular weight is 303 g/mol. The number of rotatable bonds is 5. The van der Waals surface area contributed by atoms with Gasteiger partial charge >= 0.3 is 12.4 Å². The Morgan fingerprint density at radius 2 is 1.85 bits per heavy atom. The SMILES string of the molecule is O=C(NCCCc1ncc[nH]1)C(C(F)(F)F)C(F)(F)F. The summed E-state index contributed by atoms with van der Waals surface area (Å²) in [5.41, 5.74) is 0. The number of amides is 1. The molecule has 0 aliphatic heterocycles. The van der Waals surface area contributed by atoms with Crippen LogP contribution < -0.4 is 5.32 Å². The van der Waals surface area contributed by atoms with Gasteiger partial charge in [0.05, 0.1) is 0 Å². The van der Waals surface area contributed by atoms with Crippen LogP contribution >= 0.6 is 0 Å². The number of nitrogens with one attached hydrogen (secondary N) is 2. The minimum absolute atomic E-state index is 0.168. The second-order valence-corrected chi connectivity index (χ2v) is 3.95. The summed E-state index contributed by atoms with van der Waals surface area (Å²) < 4.78 is 73.2. The molecule has 1 aromatic heterocycles. The van der Waals surface area contributed by atoms with Crippen molar-refractivity contribution >= 4 is 5.91 Å². The normalized spacial score (nSPS) is 12.8. The van der Waals surface area contributed by atoms with Gasteiger partial charge in [0.2, 0.25) is 11.8 Å². The molecule has 0 aromatic carbocycles. The fourth-order valence-corrected chi connectivity index (χ4v) is 1.49. The van der Waals surface area contributed by atoms with E-state index in [0.717, 1.165) is 0 Å². The number of aromatic nitrogens is 2. The molecule has 1 aromatic rings. The molecule has 0 unspecified atom stereocenters. The first kappa shape index (κ1) is 16.3. The standard InChI is InChI=1S/C10H11F6N3O/c11-9(12,13)7(10(14,15)16)8(20)19-3-1-2-6-17-4-5-18-6/h4-5,7H,1-3H2,(H,17,18)(H,19,20). The maximum Gasteiger partial charge on any atom is 0.409 e. The fraction of sp³-hybridized carbons (Fsp3) is 0.600. The monoisotopic (exact) mass is 303 g/mol. The Bertz CT molecular complexity index is 411. The Morgan fingerprint density at radius 1 is 1.25 bits per heavy atom. The minimum Gasteiger partial charge on any atom is -0.355 e. The summed E-state index contributed by atoms with van der Waals surface area (Å²) in [4.78, 5) is 17.6. The number of hydrogen-bond donors (Lipinski definition) is 2. The summed E-state index contributed by atoms with van der Waals surface area (Å²) >= 11 is 0. The van der Waals surface area contributed by atoms with Crippen LogP contribution in [-0.2, 0) is 11.2 Å². The van der Waals surface area contributed by atoms with Crippen LogP contribution in [0, 0.1) is 5.92 Å². The van der Waals surface area contributed by atoms with E-state index in [1.54, 1.807) is 5.32 Å². The van der Waals surface area contributed by atoms with Gasteiger partial charge in [-0.3, -0.25) is 4.79 Å². The van der Waals surface area contributed by atoms with Gasteiger partial charge in [-0.2, -0.15) is 26.3 Å². The van der Waals surface area contributed by atoms with Gasteiger partial charge in [-0.25, -0.2) is 4.98 Å². The van der Waals surface area contributed by atoms with E-state index < -0.39 is 24.2 Å². The van der Waals surface area contributed by atoms with E-state index in [2.05, 4.69) is 9.97 Å². The zero-order valence-corrected chi connectivity index (χ0v) is 9.98. The number of H-pyrrole nitrogens is 1. The minimum atomic E-state index is -5.66. The maximum absolute atomic E-state index is 12.2. The highest BCUT2D eigenvalue weighted by molar-refractivity contribution is 5.80. The number of aromatic amines is 1. The Morgan fingerprint density at radius 3 is 2.30 bits per heavy atom. The van der Waals surface area contributed by atoms with Crippen molar-refractivity contribution in [1.29, 1.82) is 0 Å². The van der Waals surface area contributed by atoms with Crippen molar-refractivity contribution in [1.82, 2.24) is 15.3 Å². The van der Waals surface area contributed by atoms with Crippen molar-refractivity contribution in [3.05, 3.63) is 18.2 Å². The summed E-state index contributed by atoms with van der Waals surface area (Å²) in [6, 6.07) is 0. The molecule has 1 amide bonds. The third-order valence-electron chi connectivity index (χ3n) is 2.36. The number of carbonyl (C=O) groups is 1. The van der Waals surface area contributed by atoms with Gasteiger partial charge in [0.1, 0.15) is 5.82 Å². The van der Waals surface area contributed by atoms with Crippen molar-refractivity contribution in [2.75, 3.05) is 6.54 Å². The topological polar surface area (TPSA) is 57.8 Å². The van der Waals surface area contributed by atoms with Gasteiger partial charge in [-0.15, -0.1) is 0 Å². The summed E-state index contributed by atoms with van der Waals surface area (Å²) in [7, 11) is 0. The fourth-order valence-electron chi connectivity index (χ4n) is 1.49. The molecule has 1 heterocycles. The second kappa shape index (κ2) is 6.14. The third kappa shape index (κ3) is 4.74. The van der Waals surface area contributed by atoms with Crippen LogP contribution in [-0.4, -0.2) is 34.8 Å². The van der Waals surface area contributed by atoms with E-state index in [1.165, 1.54) is 12.4 Å². The highest BCUT2D eigenvalue weighted by Gasteiger charge is 2.60. The van der Waals surface area contributed by atoms with Crippen LogP contribution in [0.15, 0.2) is 12.4 Å². The molecule has 0 saturated carbocycles. The molecule has 0 spiro atoms. The van der Waals surface area contributed by atoms with Gasteiger partial charge in [0.15, 0.2) is 0 Å². The number of alkyl halides is 6. The summed E-state index contributed by atoms with van der Waals surface area (Å²) in [6.07, 6.45) is -7.88. The number of halogens is 6. The predicted octanol–water partition coefficient (Wildman–Crippen LogP) is 2.20. The molecule has 1 rings (SSSR count). The molecular formula is C10H11F6N3O. The van der Waals surface area contributed by atoms with E-state index >= 15 is 0 Å². The van der Waals surface area contributed by atoms with E-state index in [0.29, 0.717) is 12.2 Å². The van der Waals surface area contributed by atoms with Crippen LogP contribution in [0.2, 0.25) is 0 Å². The summed E-state index contributed by atoms with van der Waals surface area (Å²) in [5.74, 6) is -5.56. The lowest BCUT2D eigenvalue weighted by Gasteiger charge is -2.21. The molecule has 0 radical (unpaired) electrons. The molecule has 0 saturated heterocycles. The first-order valence-corrected chi connectivity index (χ1v) is 5.51. The molecule has 0 bridgehead atoms. The molecule has 114 valence electrons. The Kier molecular flexibility index (Phi) is 5.01. The predicted molar refractivity (Wildman–Crippen MR) is 55.5 cm³/mol. The summed E-state index contributed by atoms with van der Waals surface area (Å²) in [5, 5.41) is 1.64. The van der Waals surface area contributed by atoms with Crippen molar-refractivity contribution in [2.24, 2.45) is 5.92 Å². The van der Waals surface area contributed by atoms with Crippen LogP contribution in [0.3, 0.4) is 0 Å². The lowest BCUT2D eigenvalue weighted by Crippen LogP contribution is -2.48. The van der Waals surface area contributed by atoms with Crippen molar-refractivity contribution < 1.29 is 31.1 Å². The first-order chi connectivity index (χ1) is 9.12.